The first kappa shape index (κ1) is 17.0. The fourth-order valence-electron chi connectivity index (χ4n) is 3.19. The molecular formula is C22H21N3O2. The summed E-state index contributed by atoms with van der Waals surface area (Å²) >= 11 is 0. The number of methoxy groups -OCH3 is 2. The van der Waals surface area contributed by atoms with E-state index in [-0.39, 0.29) is 0 Å². The van der Waals surface area contributed by atoms with Gasteiger partial charge in [-0.1, -0.05) is 30.3 Å². The molecule has 0 fully saturated rings. The molecule has 4 rings (SSSR count). The fourth-order valence-corrected chi connectivity index (χ4v) is 3.19. The number of nitrogens with one attached hydrogen (secondary N) is 1. The Bertz CT molecular complexity index is 1070. The molecular weight excluding hydrogens is 338 g/mol. The molecule has 0 aliphatic carbocycles. The quantitative estimate of drug-likeness (QED) is 0.544. The van der Waals surface area contributed by atoms with Crippen molar-refractivity contribution in [3.8, 4) is 17.2 Å². The zero-order chi connectivity index (χ0) is 18.6. The molecule has 136 valence electrons. The molecule has 0 amide bonds. The fraction of sp³-hybridized carbons (Fsp3) is 0.136. The van der Waals surface area contributed by atoms with Crippen LogP contribution in [-0.2, 0) is 6.54 Å². The SMILES string of the molecule is COc1ccc(NCc2ccccc2-n2cnc3ccccc32)cc1OC. The maximum Gasteiger partial charge on any atom is 0.162 e. The molecule has 0 bridgehead atoms. The molecule has 4 aromatic rings. The normalized spacial score (nSPS) is 10.7. The van der Waals surface area contributed by atoms with E-state index in [1.54, 1.807) is 14.2 Å². The molecule has 0 saturated heterocycles. The monoisotopic (exact) mass is 359 g/mol. The first-order valence-electron chi connectivity index (χ1n) is 8.76. The first-order chi connectivity index (χ1) is 13.3. The van der Waals surface area contributed by atoms with Gasteiger partial charge in [-0.2, -0.15) is 0 Å². The average Bonchev–Trinajstić information content (AvgIpc) is 3.16. The molecule has 0 atom stereocenters. The van der Waals surface area contributed by atoms with Crippen molar-refractivity contribution in [2.75, 3.05) is 19.5 Å². The topological polar surface area (TPSA) is 48.3 Å². The van der Waals surface area contributed by atoms with Gasteiger partial charge in [0.05, 0.1) is 30.9 Å². The molecule has 0 unspecified atom stereocenters. The Labute approximate surface area is 158 Å². The van der Waals surface area contributed by atoms with Crippen LogP contribution in [0.1, 0.15) is 5.56 Å². The van der Waals surface area contributed by atoms with Gasteiger partial charge in [0.25, 0.3) is 0 Å². The van der Waals surface area contributed by atoms with Gasteiger partial charge in [-0.15, -0.1) is 0 Å². The molecule has 5 nitrogen and oxygen atoms in total. The number of fused-ring (bicyclic) bond motifs is 1. The van der Waals surface area contributed by atoms with Crippen LogP contribution in [0.3, 0.4) is 0 Å². The predicted molar refractivity (Wildman–Crippen MR) is 108 cm³/mol. The highest BCUT2D eigenvalue weighted by Gasteiger charge is 2.09. The summed E-state index contributed by atoms with van der Waals surface area (Å²) in [6.07, 6.45) is 1.87. The number of hydrogen-bond acceptors (Lipinski definition) is 4. The lowest BCUT2D eigenvalue weighted by Crippen LogP contribution is -2.05. The maximum absolute atomic E-state index is 5.38. The van der Waals surface area contributed by atoms with Gasteiger partial charge in [0.15, 0.2) is 11.5 Å². The number of ether oxygens (including phenoxy) is 2. The molecule has 27 heavy (non-hydrogen) atoms. The lowest BCUT2D eigenvalue weighted by molar-refractivity contribution is 0.355. The van der Waals surface area contributed by atoms with Crippen molar-refractivity contribution in [1.29, 1.82) is 0 Å². The average molecular weight is 359 g/mol. The largest absolute Gasteiger partial charge is 0.493 e. The van der Waals surface area contributed by atoms with E-state index in [1.807, 2.05) is 54.9 Å². The molecule has 0 spiro atoms. The van der Waals surface area contributed by atoms with Crippen molar-refractivity contribution in [2.24, 2.45) is 0 Å². The second-order valence-corrected chi connectivity index (χ2v) is 6.16. The lowest BCUT2D eigenvalue weighted by atomic mass is 10.1. The highest BCUT2D eigenvalue weighted by molar-refractivity contribution is 5.77. The number of imidazole rings is 1. The van der Waals surface area contributed by atoms with Crippen LogP contribution in [0.25, 0.3) is 16.7 Å². The predicted octanol–water partition coefficient (Wildman–Crippen LogP) is 4.65. The molecule has 1 N–H and O–H groups in total. The number of aromatic nitrogens is 2. The van der Waals surface area contributed by atoms with Crippen molar-refractivity contribution >= 4 is 16.7 Å². The van der Waals surface area contributed by atoms with Crippen LogP contribution < -0.4 is 14.8 Å². The number of para-hydroxylation sites is 3. The number of anilines is 1. The van der Waals surface area contributed by atoms with Gasteiger partial charge in [-0.25, -0.2) is 4.98 Å². The van der Waals surface area contributed by atoms with Crippen LogP contribution in [-0.4, -0.2) is 23.8 Å². The van der Waals surface area contributed by atoms with Crippen molar-refractivity contribution in [3.05, 3.63) is 78.6 Å². The van der Waals surface area contributed by atoms with Crippen molar-refractivity contribution in [1.82, 2.24) is 9.55 Å². The molecule has 3 aromatic carbocycles. The molecule has 1 heterocycles. The second kappa shape index (κ2) is 7.41. The Morgan fingerprint density at radius 1 is 0.889 bits per heavy atom. The van der Waals surface area contributed by atoms with Crippen LogP contribution in [0.5, 0.6) is 11.5 Å². The summed E-state index contributed by atoms with van der Waals surface area (Å²) in [6.45, 7) is 0.679. The number of hydrogen-bond donors (Lipinski definition) is 1. The van der Waals surface area contributed by atoms with Crippen molar-refractivity contribution < 1.29 is 9.47 Å². The maximum atomic E-state index is 5.38. The zero-order valence-corrected chi connectivity index (χ0v) is 15.3. The third-order valence-corrected chi connectivity index (χ3v) is 4.57. The van der Waals surface area contributed by atoms with E-state index >= 15 is 0 Å². The summed E-state index contributed by atoms with van der Waals surface area (Å²) in [5, 5.41) is 3.47. The van der Waals surface area contributed by atoms with Gasteiger partial charge in [-0.05, 0) is 35.9 Å². The second-order valence-electron chi connectivity index (χ2n) is 6.16. The molecule has 0 aliphatic rings. The van der Waals surface area contributed by atoms with E-state index in [0.29, 0.717) is 18.0 Å². The minimum absolute atomic E-state index is 0.679. The Morgan fingerprint density at radius 3 is 2.52 bits per heavy atom. The zero-order valence-electron chi connectivity index (χ0n) is 15.3. The van der Waals surface area contributed by atoms with Gasteiger partial charge < -0.3 is 14.8 Å². The Hall–Kier alpha value is -3.47. The molecule has 5 heteroatoms. The number of rotatable bonds is 6. The van der Waals surface area contributed by atoms with Gasteiger partial charge in [-0.3, -0.25) is 4.57 Å². The van der Waals surface area contributed by atoms with E-state index in [9.17, 15) is 0 Å². The third-order valence-electron chi connectivity index (χ3n) is 4.57. The highest BCUT2D eigenvalue weighted by Crippen LogP contribution is 2.30. The van der Waals surface area contributed by atoms with Crippen LogP contribution in [0, 0.1) is 0 Å². The van der Waals surface area contributed by atoms with Gasteiger partial charge in [0.2, 0.25) is 0 Å². The minimum atomic E-state index is 0.679. The van der Waals surface area contributed by atoms with Gasteiger partial charge >= 0.3 is 0 Å². The summed E-state index contributed by atoms with van der Waals surface area (Å²) in [4.78, 5) is 4.51. The van der Waals surface area contributed by atoms with E-state index in [2.05, 4.69) is 33.1 Å². The molecule has 0 aliphatic heterocycles. The highest BCUT2D eigenvalue weighted by atomic mass is 16.5. The minimum Gasteiger partial charge on any atom is -0.493 e. The standard InChI is InChI=1S/C22H21N3O2/c1-26-21-12-11-17(13-22(21)27-2)23-14-16-7-3-5-9-19(16)25-15-24-18-8-4-6-10-20(18)25/h3-13,15,23H,14H2,1-2H3. The summed E-state index contributed by atoms with van der Waals surface area (Å²) in [7, 11) is 3.28. The van der Waals surface area contributed by atoms with Crippen LogP contribution in [0.2, 0.25) is 0 Å². The Balaban J connectivity index is 1.63. The first-order valence-corrected chi connectivity index (χ1v) is 8.76. The van der Waals surface area contributed by atoms with Gasteiger partial charge in [0, 0.05) is 18.3 Å². The number of benzene rings is 3. The van der Waals surface area contributed by atoms with Crippen LogP contribution in [0.15, 0.2) is 73.1 Å². The van der Waals surface area contributed by atoms with Crippen molar-refractivity contribution in [2.45, 2.75) is 6.54 Å². The third kappa shape index (κ3) is 3.31. The van der Waals surface area contributed by atoms with Crippen molar-refractivity contribution in [3.63, 3.8) is 0 Å². The van der Waals surface area contributed by atoms with Crippen LogP contribution >= 0.6 is 0 Å². The summed E-state index contributed by atoms with van der Waals surface area (Å²) in [6, 6.07) is 22.3. The lowest BCUT2D eigenvalue weighted by Gasteiger charge is -2.14. The Morgan fingerprint density at radius 2 is 1.67 bits per heavy atom. The van der Waals surface area contributed by atoms with Gasteiger partial charge in [0.1, 0.15) is 6.33 Å². The van der Waals surface area contributed by atoms with E-state index in [1.165, 1.54) is 5.56 Å². The van der Waals surface area contributed by atoms with E-state index in [4.69, 9.17) is 9.47 Å². The molecule has 0 saturated carbocycles. The van der Waals surface area contributed by atoms with E-state index < -0.39 is 0 Å². The summed E-state index contributed by atoms with van der Waals surface area (Å²) < 4.78 is 12.8. The summed E-state index contributed by atoms with van der Waals surface area (Å²) in [5.41, 5.74) is 5.34. The molecule has 0 radical (unpaired) electrons. The smallest absolute Gasteiger partial charge is 0.162 e. The van der Waals surface area contributed by atoms with Crippen LogP contribution in [0.4, 0.5) is 5.69 Å². The summed E-state index contributed by atoms with van der Waals surface area (Å²) in [5.74, 6) is 1.42. The Kier molecular flexibility index (Phi) is 4.66. The van der Waals surface area contributed by atoms with E-state index in [0.717, 1.165) is 22.4 Å². The molecule has 1 aromatic heterocycles. The number of nitrogens with zero attached hydrogens (tertiary/aromatic N) is 2.